The van der Waals surface area contributed by atoms with Crippen molar-refractivity contribution in [3.63, 3.8) is 0 Å². The molecule has 0 spiro atoms. The van der Waals surface area contributed by atoms with Gasteiger partial charge in [-0.15, -0.1) is 0 Å². The number of hydrogen-bond donors (Lipinski definition) is 1. The van der Waals surface area contributed by atoms with Crippen LogP contribution in [-0.2, 0) is 9.53 Å². The zero-order valence-electron chi connectivity index (χ0n) is 11.8. The third kappa shape index (κ3) is 2.72. The van der Waals surface area contributed by atoms with Gasteiger partial charge in [0.05, 0.1) is 17.1 Å². The van der Waals surface area contributed by atoms with Crippen LogP contribution in [0.1, 0.15) is 33.2 Å². The van der Waals surface area contributed by atoms with E-state index in [1.807, 2.05) is 13.8 Å². The van der Waals surface area contributed by atoms with Crippen molar-refractivity contribution in [1.29, 1.82) is 0 Å². The lowest BCUT2D eigenvalue weighted by molar-refractivity contribution is -0.151. The van der Waals surface area contributed by atoms with E-state index in [1.54, 1.807) is 29.7 Å². The molecule has 1 aromatic heterocycles. The van der Waals surface area contributed by atoms with Gasteiger partial charge in [0, 0.05) is 5.02 Å². The predicted molar refractivity (Wildman–Crippen MR) is 79.7 cm³/mol. The van der Waals surface area contributed by atoms with Crippen LogP contribution >= 0.6 is 11.6 Å². The van der Waals surface area contributed by atoms with Gasteiger partial charge in [-0.3, -0.25) is 4.57 Å². The molecule has 0 saturated carbocycles. The van der Waals surface area contributed by atoms with Crippen LogP contribution in [0.2, 0.25) is 5.02 Å². The molecule has 0 fully saturated rings. The third-order valence-electron chi connectivity index (χ3n) is 3.30. The highest BCUT2D eigenvalue weighted by Gasteiger charge is 2.23. The molecule has 108 valence electrons. The molecule has 6 heteroatoms. The molecule has 2 aromatic rings. The Labute approximate surface area is 122 Å². The molecule has 0 amide bonds. The number of rotatable bonds is 4. The van der Waals surface area contributed by atoms with Crippen molar-refractivity contribution in [2.24, 2.45) is 0 Å². The molecule has 0 bridgehead atoms. The highest BCUT2D eigenvalue weighted by atomic mass is 35.5. The van der Waals surface area contributed by atoms with E-state index in [4.69, 9.17) is 22.1 Å². The number of fused-ring (bicyclic) bond motifs is 1. The van der Waals surface area contributed by atoms with Gasteiger partial charge in [0.1, 0.15) is 6.04 Å². The van der Waals surface area contributed by atoms with E-state index < -0.39 is 6.04 Å². The zero-order valence-corrected chi connectivity index (χ0v) is 12.5. The normalized spacial score (nSPS) is 14.2. The van der Waals surface area contributed by atoms with E-state index >= 15 is 0 Å². The second kappa shape index (κ2) is 5.71. The summed E-state index contributed by atoms with van der Waals surface area (Å²) in [4.78, 5) is 16.3. The number of aromatic nitrogens is 2. The fraction of sp³-hybridized carbons (Fsp3) is 0.429. The molecule has 1 heterocycles. The van der Waals surface area contributed by atoms with Crippen molar-refractivity contribution in [3.05, 3.63) is 23.2 Å². The summed E-state index contributed by atoms with van der Waals surface area (Å²) in [5.41, 5.74) is 7.34. The Kier molecular flexibility index (Phi) is 4.18. The number of hydrogen-bond acceptors (Lipinski definition) is 4. The maximum atomic E-state index is 12.1. The van der Waals surface area contributed by atoms with E-state index in [0.29, 0.717) is 10.5 Å². The number of carbonyl (C=O) groups excluding carboxylic acids is 1. The van der Waals surface area contributed by atoms with Gasteiger partial charge in [0.15, 0.2) is 0 Å². The number of anilines is 1. The molecule has 0 saturated heterocycles. The van der Waals surface area contributed by atoms with Gasteiger partial charge in [0.25, 0.3) is 0 Å². The number of imidazole rings is 1. The van der Waals surface area contributed by atoms with Crippen molar-refractivity contribution in [1.82, 2.24) is 9.55 Å². The van der Waals surface area contributed by atoms with Crippen molar-refractivity contribution < 1.29 is 9.53 Å². The molecule has 5 nitrogen and oxygen atoms in total. The third-order valence-corrected chi connectivity index (χ3v) is 3.53. The Morgan fingerprint density at radius 2 is 2.20 bits per heavy atom. The van der Waals surface area contributed by atoms with Gasteiger partial charge in [-0.1, -0.05) is 18.5 Å². The second-order valence-corrected chi connectivity index (χ2v) is 5.24. The summed E-state index contributed by atoms with van der Waals surface area (Å²) in [6.45, 7) is 5.57. The van der Waals surface area contributed by atoms with Crippen LogP contribution in [0.25, 0.3) is 11.0 Å². The lowest BCUT2D eigenvalue weighted by atomic mass is 10.2. The quantitative estimate of drug-likeness (QED) is 0.880. The standard InChI is InChI=1S/C14H18ClN3O2/c1-4-8(2)20-13(19)9(3)18-12-6-5-10(15)7-11(12)17-14(18)16/h5-9H,4H2,1-3H3,(H2,16,17). The largest absolute Gasteiger partial charge is 0.461 e. The average Bonchev–Trinajstić information content (AvgIpc) is 2.72. The fourth-order valence-electron chi connectivity index (χ4n) is 1.98. The molecule has 2 rings (SSSR count). The van der Waals surface area contributed by atoms with Gasteiger partial charge in [-0.25, -0.2) is 9.78 Å². The molecule has 0 aliphatic heterocycles. The van der Waals surface area contributed by atoms with Gasteiger partial charge in [-0.2, -0.15) is 0 Å². The Bertz CT molecular complexity index is 639. The van der Waals surface area contributed by atoms with Crippen LogP contribution in [-0.4, -0.2) is 21.6 Å². The number of benzene rings is 1. The van der Waals surface area contributed by atoms with Crippen LogP contribution < -0.4 is 5.73 Å². The SMILES string of the molecule is CCC(C)OC(=O)C(C)n1c(N)nc2cc(Cl)ccc21. The van der Waals surface area contributed by atoms with Crippen LogP contribution in [0.5, 0.6) is 0 Å². The summed E-state index contributed by atoms with van der Waals surface area (Å²) in [5.74, 6) is -0.0452. The molecule has 1 aromatic carbocycles. The van der Waals surface area contributed by atoms with Gasteiger partial charge >= 0.3 is 5.97 Å². The van der Waals surface area contributed by atoms with Crippen molar-refractivity contribution in [2.75, 3.05) is 5.73 Å². The van der Waals surface area contributed by atoms with E-state index in [0.717, 1.165) is 11.9 Å². The predicted octanol–water partition coefficient (Wildman–Crippen LogP) is 3.17. The molecule has 2 atom stereocenters. The summed E-state index contributed by atoms with van der Waals surface area (Å²) in [7, 11) is 0. The van der Waals surface area contributed by atoms with Crippen molar-refractivity contribution in [3.8, 4) is 0 Å². The van der Waals surface area contributed by atoms with E-state index in [2.05, 4.69) is 4.98 Å². The summed E-state index contributed by atoms with van der Waals surface area (Å²) < 4.78 is 7.01. The van der Waals surface area contributed by atoms with Crippen LogP contribution in [0, 0.1) is 0 Å². The minimum absolute atomic E-state index is 0.115. The first-order chi connectivity index (χ1) is 9.43. The Hall–Kier alpha value is -1.75. The van der Waals surface area contributed by atoms with E-state index in [1.165, 1.54) is 0 Å². The van der Waals surface area contributed by atoms with E-state index in [-0.39, 0.29) is 18.0 Å². The molecule has 0 aliphatic carbocycles. The van der Waals surface area contributed by atoms with Crippen molar-refractivity contribution in [2.45, 2.75) is 39.3 Å². The number of carbonyl (C=O) groups is 1. The molecule has 2 N–H and O–H groups in total. The summed E-state index contributed by atoms with van der Waals surface area (Å²) in [6.07, 6.45) is 0.657. The summed E-state index contributed by atoms with van der Waals surface area (Å²) in [5, 5.41) is 0.581. The number of esters is 1. The van der Waals surface area contributed by atoms with Gasteiger partial charge in [-0.05, 0) is 38.5 Å². The molecular weight excluding hydrogens is 278 g/mol. The van der Waals surface area contributed by atoms with Crippen LogP contribution in [0.3, 0.4) is 0 Å². The lowest BCUT2D eigenvalue weighted by Gasteiger charge is -2.18. The number of ether oxygens (including phenoxy) is 1. The highest BCUT2D eigenvalue weighted by molar-refractivity contribution is 6.31. The number of nitrogens with two attached hydrogens (primary N) is 1. The first kappa shape index (κ1) is 14.7. The Morgan fingerprint density at radius 1 is 1.50 bits per heavy atom. The topological polar surface area (TPSA) is 70.1 Å². The molecular formula is C14H18ClN3O2. The summed E-state index contributed by atoms with van der Waals surface area (Å²) >= 11 is 5.93. The molecule has 2 unspecified atom stereocenters. The first-order valence-corrected chi connectivity index (χ1v) is 6.95. The second-order valence-electron chi connectivity index (χ2n) is 4.80. The fourth-order valence-corrected chi connectivity index (χ4v) is 2.15. The van der Waals surface area contributed by atoms with Gasteiger partial charge < -0.3 is 10.5 Å². The number of nitrogen functional groups attached to an aromatic ring is 1. The zero-order chi connectivity index (χ0) is 14.9. The maximum absolute atomic E-state index is 12.1. The first-order valence-electron chi connectivity index (χ1n) is 6.57. The smallest absolute Gasteiger partial charge is 0.329 e. The van der Waals surface area contributed by atoms with E-state index in [9.17, 15) is 4.79 Å². The Morgan fingerprint density at radius 3 is 2.85 bits per heavy atom. The summed E-state index contributed by atoms with van der Waals surface area (Å²) in [6, 6.07) is 4.73. The van der Waals surface area contributed by atoms with Gasteiger partial charge in [0.2, 0.25) is 5.95 Å². The monoisotopic (exact) mass is 295 g/mol. The molecule has 20 heavy (non-hydrogen) atoms. The minimum atomic E-state index is -0.532. The number of halogens is 1. The lowest BCUT2D eigenvalue weighted by Crippen LogP contribution is -2.24. The van der Waals surface area contributed by atoms with Crippen molar-refractivity contribution >= 4 is 34.6 Å². The average molecular weight is 296 g/mol. The van der Waals surface area contributed by atoms with Crippen LogP contribution in [0.15, 0.2) is 18.2 Å². The number of nitrogens with zero attached hydrogens (tertiary/aromatic N) is 2. The van der Waals surface area contributed by atoms with Crippen LogP contribution in [0.4, 0.5) is 5.95 Å². The Balaban J connectivity index is 2.37. The minimum Gasteiger partial charge on any atom is -0.461 e. The molecule has 0 radical (unpaired) electrons. The molecule has 0 aliphatic rings. The highest BCUT2D eigenvalue weighted by Crippen LogP contribution is 2.26. The maximum Gasteiger partial charge on any atom is 0.329 e.